The second-order valence-electron chi connectivity index (χ2n) is 5.61. The summed E-state index contributed by atoms with van der Waals surface area (Å²) in [6.45, 7) is 1.78. The van der Waals surface area contributed by atoms with Crippen molar-refractivity contribution >= 4 is 49.6 Å². The minimum atomic E-state index is -4.39. The lowest BCUT2D eigenvalue weighted by Crippen LogP contribution is -2.25. The van der Waals surface area contributed by atoms with Gasteiger partial charge in [0.1, 0.15) is 4.90 Å². The van der Waals surface area contributed by atoms with Gasteiger partial charge in [-0.15, -0.1) is 0 Å². The van der Waals surface area contributed by atoms with E-state index in [1.54, 1.807) is 43.5 Å². The van der Waals surface area contributed by atoms with E-state index >= 15 is 0 Å². The molecule has 0 aliphatic carbocycles. The Morgan fingerprint density at radius 3 is 2.52 bits per heavy atom. The summed E-state index contributed by atoms with van der Waals surface area (Å²) < 4.78 is 32.9. The van der Waals surface area contributed by atoms with Gasteiger partial charge in [0.15, 0.2) is 5.11 Å². The van der Waals surface area contributed by atoms with Crippen LogP contribution in [0.3, 0.4) is 0 Å². The average molecular weight is 400 g/mol. The number of hydrogen-bond donors (Lipinski definition) is 3. The van der Waals surface area contributed by atoms with E-state index in [1.165, 1.54) is 6.07 Å². The monoisotopic (exact) mass is 400 g/mol. The number of hydrogen-bond acceptors (Lipinski definition) is 5. The number of pyridine rings is 1. The van der Waals surface area contributed by atoms with Crippen molar-refractivity contribution in [2.45, 2.75) is 11.8 Å². The second-order valence-corrected chi connectivity index (χ2v) is 7.41. The van der Waals surface area contributed by atoms with Gasteiger partial charge < -0.3 is 5.32 Å². The lowest BCUT2D eigenvalue weighted by Gasteiger charge is -2.13. The molecule has 0 atom stereocenters. The van der Waals surface area contributed by atoms with Crippen LogP contribution in [0.4, 0.5) is 5.69 Å². The van der Waals surface area contributed by atoms with Crippen molar-refractivity contribution < 1.29 is 13.0 Å². The highest BCUT2D eigenvalue weighted by atomic mass is 32.2. The SMILES string of the molecule is C/C(=N/NC(=S)Nc1cccc2cccc(S(=O)(=O)O)c12)c1ccccn1. The fourth-order valence-corrected chi connectivity index (χ4v) is 3.44. The van der Waals surface area contributed by atoms with Gasteiger partial charge in [-0.2, -0.15) is 13.5 Å². The third-order valence-electron chi connectivity index (χ3n) is 3.75. The maximum absolute atomic E-state index is 11.7. The zero-order valence-corrected chi connectivity index (χ0v) is 15.9. The van der Waals surface area contributed by atoms with Crippen LogP contribution in [0.25, 0.3) is 10.8 Å². The molecule has 3 aromatic rings. The molecule has 0 unspecified atom stereocenters. The molecule has 2 aromatic carbocycles. The molecule has 0 saturated heterocycles. The van der Waals surface area contributed by atoms with Crippen molar-refractivity contribution in [1.29, 1.82) is 0 Å². The molecular formula is C18H16N4O3S2. The van der Waals surface area contributed by atoms with E-state index in [-0.39, 0.29) is 10.0 Å². The van der Waals surface area contributed by atoms with Crippen LogP contribution in [0, 0.1) is 0 Å². The molecule has 0 radical (unpaired) electrons. The van der Waals surface area contributed by atoms with Gasteiger partial charge in [0, 0.05) is 17.3 Å². The molecule has 9 heteroatoms. The topological polar surface area (TPSA) is 104 Å². The third-order valence-corrected chi connectivity index (χ3v) is 4.84. The van der Waals surface area contributed by atoms with Crippen LogP contribution >= 0.6 is 12.2 Å². The molecule has 138 valence electrons. The summed E-state index contributed by atoms with van der Waals surface area (Å²) in [5.41, 5.74) is 4.48. The lowest BCUT2D eigenvalue weighted by molar-refractivity contribution is 0.484. The number of benzene rings is 2. The fraction of sp³-hybridized carbons (Fsp3) is 0.0556. The number of aromatic nitrogens is 1. The summed E-state index contributed by atoms with van der Waals surface area (Å²) in [5.74, 6) is 0. The number of fused-ring (bicyclic) bond motifs is 1. The first-order chi connectivity index (χ1) is 12.9. The van der Waals surface area contributed by atoms with Crippen LogP contribution in [-0.4, -0.2) is 28.8 Å². The van der Waals surface area contributed by atoms with E-state index in [2.05, 4.69) is 20.8 Å². The van der Waals surface area contributed by atoms with E-state index in [9.17, 15) is 13.0 Å². The van der Waals surface area contributed by atoms with Crippen LogP contribution in [0.2, 0.25) is 0 Å². The molecule has 0 aliphatic rings. The molecule has 0 saturated carbocycles. The zero-order valence-electron chi connectivity index (χ0n) is 14.2. The fourth-order valence-electron chi connectivity index (χ4n) is 2.54. The molecule has 0 spiro atoms. The lowest BCUT2D eigenvalue weighted by atomic mass is 10.1. The Morgan fingerprint density at radius 1 is 1.11 bits per heavy atom. The van der Waals surface area contributed by atoms with Crippen LogP contribution in [-0.2, 0) is 10.1 Å². The Bertz CT molecular complexity index is 1120. The van der Waals surface area contributed by atoms with Crippen molar-refractivity contribution in [2.24, 2.45) is 5.10 Å². The quantitative estimate of drug-likeness (QED) is 0.267. The summed E-state index contributed by atoms with van der Waals surface area (Å²) in [6.07, 6.45) is 1.66. The first kappa shape index (κ1) is 18.9. The first-order valence-electron chi connectivity index (χ1n) is 7.88. The van der Waals surface area contributed by atoms with Crippen molar-refractivity contribution in [3.05, 3.63) is 66.5 Å². The van der Waals surface area contributed by atoms with E-state index in [0.29, 0.717) is 27.9 Å². The van der Waals surface area contributed by atoms with Crippen LogP contribution < -0.4 is 10.7 Å². The number of thiocarbonyl (C=S) groups is 1. The normalized spacial score (nSPS) is 12.0. The van der Waals surface area contributed by atoms with Gasteiger partial charge in [0.2, 0.25) is 0 Å². The second kappa shape index (κ2) is 7.78. The average Bonchev–Trinajstić information content (AvgIpc) is 2.66. The third kappa shape index (κ3) is 4.45. The highest BCUT2D eigenvalue weighted by molar-refractivity contribution is 7.86. The van der Waals surface area contributed by atoms with Crippen LogP contribution in [0.15, 0.2) is 70.8 Å². The first-order valence-corrected chi connectivity index (χ1v) is 9.73. The maximum Gasteiger partial charge on any atom is 0.295 e. The molecule has 0 amide bonds. The van der Waals surface area contributed by atoms with Gasteiger partial charge in [-0.05, 0) is 48.8 Å². The van der Waals surface area contributed by atoms with E-state index in [1.807, 2.05) is 18.2 Å². The van der Waals surface area contributed by atoms with Gasteiger partial charge >= 0.3 is 0 Å². The van der Waals surface area contributed by atoms with E-state index in [0.717, 1.165) is 0 Å². The number of anilines is 1. The molecule has 3 rings (SSSR count). The molecule has 7 nitrogen and oxygen atoms in total. The van der Waals surface area contributed by atoms with Crippen molar-refractivity contribution in [3.63, 3.8) is 0 Å². The Kier molecular flexibility index (Phi) is 5.45. The zero-order chi connectivity index (χ0) is 19.4. The molecule has 1 heterocycles. The molecule has 0 aliphatic heterocycles. The predicted molar refractivity (Wildman–Crippen MR) is 110 cm³/mol. The number of nitrogens with zero attached hydrogens (tertiary/aromatic N) is 2. The van der Waals surface area contributed by atoms with Gasteiger partial charge in [-0.1, -0.05) is 30.3 Å². The molecule has 0 bridgehead atoms. The summed E-state index contributed by atoms with van der Waals surface area (Å²) in [6, 6.07) is 15.3. The highest BCUT2D eigenvalue weighted by Gasteiger charge is 2.16. The van der Waals surface area contributed by atoms with Crippen LogP contribution in [0.1, 0.15) is 12.6 Å². The molecule has 27 heavy (non-hydrogen) atoms. The summed E-state index contributed by atoms with van der Waals surface area (Å²) in [7, 11) is -4.39. The number of rotatable bonds is 4. The molecule has 0 fully saturated rings. The number of hydrazone groups is 1. The Balaban J connectivity index is 1.88. The Labute approximate surface area is 161 Å². The largest absolute Gasteiger partial charge is 0.331 e. The Morgan fingerprint density at radius 2 is 1.85 bits per heavy atom. The summed E-state index contributed by atoms with van der Waals surface area (Å²) in [5, 5.41) is 8.25. The highest BCUT2D eigenvalue weighted by Crippen LogP contribution is 2.29. The molecule has 1 aromatic heterocycles. The van der Waals surface area contributed by atoms with Gasteiger partial charge in [0.05, 0.1) is 11.4 Å². The van der Waals surface area contributed by atoms with Crippen molar-refractivity contribution in [1.82, 2.24) is 10.4 Å². The standard InChI is InChI=1S/C18H16N4O3S2/c1-12(14-8-2-3-11-19-14)21-22-18(26)20-15-9-4-6-13-7-5-10-16(17(13)15)27(23,24)25/h2-11H,1H3,(H2,20,22,26)(H,23,24,25)/b21-12-. The van der Waals surface area contributed by atoms with Crippen molar-refractivity contribution in [3.8, 4) is 0 Å². The molecule has 3 N–H and O–H groups in total. The molecular weight excluding hydrogens is 384 g/mol. The van der Waals surface area contributed by atoms with Crippen molar-refractivity contribution in [2.75, 3.05) is 5.32 Å². The summed E-state index contributed by atoms with van der Waals surface area (Å²) in [4.78, 5) is 4.00. The number of nitrogens with one attached hydrogen (secondary N) is 2. The van der Waals surface area contributed by atoms with E-state index < -0.39 is 10.1 Å². The van der Waals surface area contributed by atoms with Gasteiger partial charge in [0.25, 0.3) is 10.1 Å². The van der Waals surface area contributed by atoms with Gasteiger partial charge in [-0.25, -0.2) is 0 Å². The van der Waals surface area contributed by atoms with Gasteiger partial charge in [-0.3, -0.25) is 15.0 Å². The summed E-state index contributed by atoms with van der Waals surface area (Å²) >= 11 is 5.24. The van der Waals surface area contributed by atoms with Crippen LogP contribution in [0.5, 0.6) is 0 Å². The minimum Gasteiger partial charge on any atom is -0.331 e. The van der Waals surface area contributed by atoms with E-state index in [4.69, 9.17) is 12.2 Å². The maximum atomic E-state index is 11.7. The predicted octanol–water partition coefficient (Wildman–Crippen LogP) is 3.19. The minimum absolute atomic E-state index is 0.169. The smallest absolute Gasteiger partial charge is 0.295 e. The Hall–Kier alpha value is -2.88.